The summed E-state index contributed by atoms with van der Waals surface area (Å²) in [4.78, 5) is 12.5. The standard InChI is InChI=1S/C13H13NO3S/c15-11-5-3-10(4-6-11)14-8-13(16)17-9-12-2-1-7-18-12/h1-7,14-15H,8-9H2. The topological polar surface area (TPSA) is 58.6 Å². The Balaban J connectivity index is 1.73. The quantitative estimate of drug-likeness (QED) is 0.643. The van der Waals surface area contributed by atoms with Gasteiger partial charge in [0.1, 0.15) is 18.9 Å². The number of carbonyl (C=O) groups is 1. The van der Waals surface area contributed by atoms with Crippen molar-refractivity contribution >= 4 is 23.0 Å². The third kappa shape index (κ3) is 3.78. The number of thiophene rings is 1. The van der Waals surface area contributed by atoms with E-state index < -0.39 is 0 Å². The molecule has 2 aromatic rings. The Morgan fingerprint density at radius 3 is 2.72 bits per heavy atom. The second-order valence-electron chi connectivity index (χ2n) is 3.64. The number of phenolic OH excluding ortho intramolecular Hbond substituents is 1. The predicted octanol–water partition coefficient (Wildman–Crippen LogP) is 2.61. The number of anilines is 1. The molecule has 2 N–H and O–H groups in total. The Hall–Kier alpha value is -2.01. The number of hydrogen-bond donors (Lipinski definition) is 2. The molecule has 0 atom stereocenters. The van der Waals surface area contributed by atoms with Crippen molar-refractivity contribution in [1.29, 1.82) is 0 Å². The van der Waals surface area contributed by atoms with Crippen molar-refractivity contribution in [2.24, 2.45) is 0 Å². The van der Waals surface area contributed by atoms with Gasteiger partial charge in [-0.05, 0) is 35.7 Å². The highest BCUT2D eigenvalue weighted by Gasteiger charge is 2.03. The summed E-state index contributed by atoms with van der Waals surface area (Å²) >= 11 is 1.56. The number of carbonyl (C=O) groups excluding carboxylic acids is 1. The monoisotopic (exact) mass is 263 g/mol. The van der Waals surface area contributed by atoms with Gasteiger partial charge in [-0.15, -0.1) is 11.3 Å². The number of aromatic hydroxyl groups is 1. The molecule has 1 heterocycles. The van der Waals surface area contributed by atoms with E-state index in [1.807, 2.05) is 17.5 Å². The van der Waals surface area contributed by atoms with Crippen LogP contribution in [0.5, 0.6) is 5.75 Å². The van der Waals surface area contributed by atoms with E-state index in [2.05, 4.69) is 5.32 Å². The van der Waals surface area contributed by atoms with E-state index in [0.717, 1.165) is 10.6 Å². The molecule has 1 aromatic heterocycles. The van der Waals surface area contributed by atoms with Crippen LogP contribution in [-0.2, 0) is 16.1 Å². The van der Waals surface area contributed by atoms with Gasteiger partial charge >= 0.3 is 5.97 Å². The van der Waals surface area contributed by atoms with E-state index in [4.69, 9.17) is 9.84 Å². The number of ether oxygens (including phenoxy) is 1. The highest BCUT2D eigenvalue weighted by atomic mass is 32.1. The van der Waals surface area contributed by atoms with Gasteiger partial charge in [-0.25, -0.2) is 0 Å². The lowest BCUT2D eigenvalue weighted by molar-refractivity contribution is -0.142. The molecule has 0 saturated heterocycles. The summed E-state index contributed by atoms with van der Waals surface area (Å²) < 4.78 is 5.09. The number of benzene rings is 1. The molecule has 0 amide bonds. The van der Waals surface area contributed by atoms with Crippen molar-refractivity contribution < 1.29 is 14.6 Å². The van der Waals surface area contributed by atoms with Gasteiger partial charge in [-0.3, -0.25) is 4.79 Å². The van der Waals surface area contributed by atoms with E-state index in [9.17, 15) is 4.79 Å². The van der Waals surface area contributed by atoms with Gasteiger partial charge in [-0.2, -0.15) is 0 Å². The van der Waals surface area contributed by atoms with Crippen molar-refractivity contribution in [2.75, 3.05) is 11.9 Å². The molecule has 0 saturated carbocycles. The zero-order valence-corrected chi connectivity index (χ0v) is 10.4. The molecule has 1 aromatic carbocycles. The SMILES string of the molecule is O=C(CNc1ccc(O)cc1)OCc1cccs1. The van der Waals surface area contributed by atoms with Crippen molar-refractivity contribution in [3.63, 3.8) is 0 Å². The van der Waals surface area contributed by atoms with E-state index >= 15 is 0 Å². The van der Waals surface area contributed by atoms with Gasteiger partial charge in [0.2, 0.25) is 0 Å². The molecule has 0 aliphatic heterocycles. The fourth-order valence-electron chi connectivity index (χ4n) is 1.35. The molecule has 0 spiro atoms. The predicted molar refractivity (Wildman–Crippen MR) is 70.7 cm³/mol. The Bertz CT molecular complexity index is 493. The number of rotatable bonds is 5. The maximum absolute atomic E-state index is 11.4. The van der Waals surface area contributed by atoms with Gasteiger partial charge < -0.3 is 15.2 Å². The van der Waals surface area contributed by atoms with Crippen LogP contribution < -0.4 is 5.32 Å². The molecule has 4 nitrogen and oxygen atoms in total. The third-order valence-corrected chi connectivity index (χ3v) is 3.11. The number of nitrogens with one attached hydrogen (secondary N) is 1. The highest BCUT2D eigenvalue weighted by molar-refractivity contribution is 7.09. The second-order valence-corrected chi connectivity index (χ2v) is 4.67. The number of phenols is 1. The van der Waals surface area contributed by atoms with Gasteiger partial charge in [0, 0.05) is 10.6 Å². The molecule has 5 heteroatoms. The average Bonchev–Trinajstić information content (AvgIpc) is 2.89. The molecule has 0 aliphatic carbocycles. The summed E-state index contributed by atoms with van der Waals surface area (Å²) in [5.74, 6) is -0.114. The minimum atomic E-state index is -0.309. The summed E-state index contributed by atoms with van der Waals surface area (Å²) in [5, 5.41) is 14.0. The molecular formula is C13H13NO3S. The fraction of sp³-hybridized carbons (Fsp3) is 0.154. The van der Waals surface area contributed by atoms with E-state index in [0.29, 0.717) is 6.61 Å². The van der Waals surface area contributed by atoms with Crippen LogP contribution in [-0.4, -0.2) is 17.6 Å². The first-order valence-electron chi connectivity index (χ1n) is 5.45. The first kappa shape index (κ1) is 12.4. The van der Waals surface area contributed by atoms with Crippen molar-refractivity contribution in [2.45, 2.75) is 6.61 Å². The molecule has 0 bridgehead atoms. The van der Waals surface area contributed by atoms with E-state index in [1.165, 1.54) is 0 Å². The van der Waals surface area contributed by atoms with Crippen LogP contribution in [0.1, 0.15) is 4.88 Å². The van der Waals surface area contributed by atoms with E-state index in [-0.39, 0.29) is 18.3 Å². The van der Waals surface area contributed by atoms with Gasteiger partial charge in [0.05, 0.1) is 0 Å². The maximum atomic E-state index is 11.4. The molecular weight excluding hydrogens is 250 g/mol. The lowest BCUT2D eigenvalue weighted by Gasteiger charge is -2.06. The molecule has 0 aliphatic rings. The Morgan fingerprint density at radius 1 is 1.28 bits per heavy atom. The summed E-state index contributed by atoms with van der Waals surface area (Å²) in [7, 11) is 0. The summed E-state index contributed by atoms with van der Waals surface area (Å²) in [6.45, 7) is 0.421. The van der Waals surface area contributed by atoms with Gasteiger partial charge in [0.15, 0.2) is 0 Å². The lowest BCUT2D eigenvalue weighted by atomic mass is 10.3. The molecule has 0 fully saturated rings. The minimum absolute atomic E-state index is 0.107. The number of hydrogen-bond acceptors (Lipinski definition) is 5. The molecule has 18 heavy (non-hydrogen) atoms. The Morgan fingerprint density at radius 2 is 2.06 bits per heavy atom. The van der Waals surface area contributed by atoms with Crippen LogP contribution in [0.4, 0.5) is 5.69 Å². The first-order valence-corrected chi connectivity index (χ1v) is 6.33. The zero-order chi connectivity index (χ0) is 12.8. The van der Waals surface area contributed by atoms with Crippen molar-refractivity contribution in [3.05, 3.63) is 46.7 Å². The smallest absolute Gasteiger partial charge is 0.325 e. The van der Waals surface area contributed by atoms with Crippen LogP contribution in [0, 0.1) is 0 Å². The Labute approximate surface area is 109 Å². The van der Waals surface area contributed by atoms with Crippen LogP contribution >= 0.6 is 11.3 Å². The van der Waals surface area contributed by atoms with Crippen molar-refractivity contribution in [3.8, 4) is 5.75 Å². The Kier molecular flexibility index (Phi) is 4.20. The summed E-state index contributed by atoms with van der Waals surface area (Å²) in [6, 6.07) is 10.3. The zero-order valence-electron chi connectivity index (χ0n) is 9.63. The summed E-state index contributed by atoms with van der Waals surface area (Å²) in [5.41, 5.74) is 0.765. The van der Waals surface area contributed by atoms with Crippen LogP contribution in [0.3, 0.4) is 0 Å². The number of esters is 1. The summed E-state index contributed by atoms with van der Waals surface area (Å²) in [6.07, 6.45) is 0. The van der Waals surface area contributed by atoms with E-state index in [1.54, 1.807) is 35.6 Å². The average molecular weight is 263 g/mol. The largest absolute Gasteiger partial charge is 0.508 e. The molecule has 94 valence electrons. The molecule has 0 unspecified atom stereocenters. The maximum Gasteiger partial charge on any atom is 0.325 e. The van der Waals surface area contributed by atoms with Crippen LogP contribution in [0.25, 0.3) is 0 Å². The first-order chi connectivity index (χ1) is 8.74. The second kappa shape index (κ2) is 6.07. The molecule has 2 rings (SSSR count). The van der Waals surface area contributed by atoms with Crippen LogP contribution in [0.2, 0.25) is 0 Å². The fourth-order valence-corrected chi connectivity index (χ4v) is 1.97. The third-order valence-electron chi connectivity index (χ3n) is 2.26. The van der Waals surface area contributed by atoms with Crippen molar-refractivity contribution in [1.82, 2.24) is 0 Å². The minimum Gasteiger partial charge on any atom is -0.508 e. The van der Waals surface area contributed by atoms with Gasteiger partial charge in [0.25, 0.3) is 0 Å². The molecule has 0 radical (unpaired) electrons. The highest BCUT2D eigenvalue weighted by Crippen LogP contribution is 2.13. The lowest BCUT2D eigenvalue weighted by Crippen LogP contribution is -2.16. The normalized spacial score (nSPS) is 10.0. The van der Waals surface area contributed by atoms with Crippen LogP contribution in [0.15, 0.2) is 41.8 Å². The van der Waals surface area contributed by atoms with Gasteiger partial charge in [-0.1, -0.05) is 6.07 Å².